The number of amides is 1. The quantitative estimate of drug-likeness (QED) is 0.721. The van der Waals surface area contributed by atoms with Crippen LogP contribution in [0.2, 0.25) is 0 Å². The number of rotatable bonds is 1. The summed E-state index contributed by atoms with van der Waals surface area (Å²) in [6.07, 6.45) is 10.8. The van der Waals surface area contributed by atoms with Gasteiger partial charge < -0.3 is 10.5 Å². The third-order valence-electron chi connectivity index (χ3n) is 1.18. The standard InChI is InChI=1S/C8H8NO.C2H6.W/c9-8(10)7-5-3-1-2-4-6-7;1-2;/h1,3-5H,2H2,(H2,9,10);1-2H3;/q-1;;. The van der Waals surface area contributed by atoms with Crippen LogP contribution in [0.4, 0.5) is 0 Å². The van der Waals surface area contributed by atoms with Crippen LogP contribution < -0.4 is 5.73 Å². The second kappa shape index (κ2) is 9.47. The molecule has 0 atom stereocenters. The molecule has 0 aromatic rings. The molecule has 1 aliphatic rings. The average Bonchev–Trinajstić information content (AvgIpc) is 2.35. The number of nitrogens with two attached hydrogens (primary N) is 1. The zero-order valence-electron chi connectivity index (χ0n) is 7.91. The fourth-order valence-corrected chi connectivity index (χ4v) is 0.681. The van der Waals surface area contributed by atoms with E-state index in [1.165, 1.54) is 0 Å². The van der Waals surface area contributed by atoms with Crippen molar-refractivity contribution in [3.05, 3.63) is 36.0 Å². The zero-order chi connectivity index (χ0) is 9.40. The Labute approximate surface area is 93.8 Å². The Bertz CT molecular complexity index is 229. The van der Waals surface area contributed by atoms with Crippen LogP contribution in [0.3, 0.4) is 0 Å². The molecule has 72 valence electrons. The number of allylic oxidation sites excluding steroid dienone is 4. The van der Waals surface area contributed by atoms with E-state index in [2.05, 4.69) is 6.08 Å². The topological polar surface area (TPSA) is 43.1 Å². The Kier molecular flexibility index (Phi) is 10.8. The number of primary amides is 1. The van der Waals surface area contributed by atoms with E-state index in [-0.39, 0.29) is 21.1 Å². The van der Waals surface area contributed by atoms with Crippen LogP contribution in [0.25, 0.3) is 0 Å². The second-order valence-electron chi connectivity index (χ2n) is 1.96. The van der Waals surface area contributed by atoms with Gasteiger partial charge >= 0.3 is 0 Å². The maximum atomic E-state index is 10.5. The molecular formula is C10H14NOW-. The number of hydrogen-bond acceptors (Lipinski definition) is 1. The molecule has 1 rings (SSSR count). The predicted molar refractivity (Wildman–Crippen MR) is 50.2 cm³/mol. The molecule has 0 fully saturated rings. The summed E-state index contributed by atoms with van der Waals surface area (Å²) in [6.45, 7) is 4.00. The summed E-state index contributed by atoms with van der Waals surface area (Å²) >= 11 is 0. The van der Waals surface area contributed by atoms with E-state index < -0.39 is 5.91 Å². The first-order valence-electron chi connectivity index (χ1n) is 4.05. The fourth-order valence-electron chi connectivity index (χ4n) is 0.681. The smallest absolute Gasteiger partial charge is 0.133 e. The van der Waals surface area contributed by atoms with Crippen molar-refractivity contribution < 1.29 is 25.9 Å². The monoisotopic (exact) mass is 348 g/mol. The van der Waals surface area contributed by atoms with Crippen LogP contribution in [0.5, 0.6) is 0 Å². The van der Waals surface area contributed by atoms with Gasteiger partial charge in [-0.3, -0.25) is 0 Å². The Morgan fingerprint density at radius 2 is 2.15 bits per heavy atom. The molecule has 0 spiro atoms. The Balaban J connectivity index is 0. The van der Waals surface area contributed by atoms with Gasteiger partial charge in [0, 0.05) is 21.1 Å². The average molecular weight is 348 g/mol. The van der Waals surface area contributed by atoms with E-state index in [1.54, 1.807) is 18.2 Å². The molecule has 0 aliphatic heterocycles. The van der Waals surface area contributed by atoms with Gasteiger partial charge in [-0.1, -0.05) is 19.9 Å². The summed E-state index contributed by atoms with van der Waals surface area (Å²) in [5, 5.41) is 0. The fraction of sp³-hybridized carbons (Fsp3) is 0.300. The molecule has 13 heavy (non-hydrogen) atoms. The first kappa shape index (κ1) is 14.9. The van der Waals surface area contributed by atoms with E-state index >= 15 is 0 Å². The van der Waals surface area contributed by atoms with Gasteiger partial charge in [0.15, 0.2) is 0 Å². The summed E-state index contributed by atoms with van der Waals surface area (Å²) in [6, 6.07) is 0. The molecule has 0 unspecified atom stereocenters. The van der Waals surface area contributed by atoms with Crippen molar-refractivity contribution in [3.63, 3.8) is 0 Å². The first-order valence-corrected chi connectivity index (χ1v) is 4.05. The normalized spacial score (nSPS) is 12.9. The minimum Gasteiger partial charge on any atom is -0.418 e. The number of hydrogen-bond donors (Lipinski definition) is 1. The molecule has 0 radical (unpaired) electrons. The largest absolute Gasteiger partial charge is 0.418 e. The van der Waals surface area contributed by atoms with Gasteiger partial charge in [-0.2, -0.15) is 12.2 Å². The van der Waals surface area contributed by atoms with Gasteiger partial charge in [-0.25, -0.2) is 0 Å². The van der Waals surface area contributed by atoms with Gasteiger partial charge in [-0.05, 0) is 6.42 Å². The van der Waals surface area contributed by atoms with E-state index in [1.807, 2.05) is 19.9 Å². The predicted octanol–water partition coefficient (Wildman–Crippen LogP) is 1.74. The summed E-state index contributed by atoms with van der Waals surface area (Å²) in [7, 11) is 0. The zero-order valence-corrected chi connectivity index (χ0v) is 10.8. The third kappa shape index (κ3) is 6.53. The number of carbonyl (C=O) groups excluding carboxylic acids is 1. The molecule has 0 saturated heterocycles. The maximum Gasteiger partial charge on any atom is 0.133 e. The molecule has 0 aromatic carbocycles. The molecule has 0 saturated carbocycles. The molecular weight excluding hydrogens is 334 g/mol. The summed E-state index contributed by atoms with van der Waals surface area (Å²) in [5.74, 6) is -0.428. The molecule has 0 aromatic heterocycles. The molecule has 0 heterocycles. The minimum absolute atomic E-state index is 0. The summed E-state index contributed by atoms with van der Waals surface area (Å²) in [4.78, 5) is 10.5. The Morgan fingerprint density at radius 1 is 1.54 bits per heavy atom. The van der Waals surface area contributed by atoms with Crippen molar-refractivity contribution in [2.24, 2.45) is 5.73 Å². The minimum atomic E-state index is -0.428. The van der Waals surface area contributed by atoms with Crippen LogP contribution in [0, 0.1) is 6.08 Å². The molecule has 3 heteroatoms. The van der Waals surface area contributed by atoms with E-state index in [9.17, 15) is 4.79 Å². The molecule has 2 nitrogen and oxygen atoms in total. The van der Waals surface area contributed by atoms with Gasteiger partial charge in [-0.15, -0.1) is 17.7 Å². The van der Waals surface area contributed by atoms with Crippen molar-refractivity contribution in [2.45, 2.75) is 20.3 Å². The van der Waals surface area contributed by atoms with Crippen molar-refractivity contribution in [1.29, 1.82) is 0 Å². The van der Waals surface area contributed by atoms with E-state index in [0.717, 1.165) is 6.42 Å². The van der Waals surface area contributed by atoms with Crippen LogP contribution >= 0.6 is 0 Å². The molecule has 1 aliphatic carbocycles. The van der Waals surface area contributed by atoms with Gasteiger partial charge in [0.2, 0.25) is 0 Å². The molecule has 2 N–H and O–H groups in total. The summed E-state index contributed by atoms with van der Waals surface area (Å²) in [5.41, 5.74) is 5.45. The van der Waals surface area contributed by atoms with Crippen LogP contribution in [-0.4, -0.2) is 5.91 Å². The van der Waals surface area contributed by atoms with Crippen LogP contribution in [-0.2, 0) is 25.9 Å². The van der Waals surface area contributed by atoms with Crippen molar-refractivity contribution >= 4 is 5.91 Å². The van der Waals surface area contributed by atoms with Crippen molar-refractivity contribution in [3.8, 4) is 0 Å². The summed E-state index contributed by atoms with van der Waals surface area (Å²) < 4.78 is 0. The van der Waals surface area contributed by atoms with Crippen LogP contribution in [0.15, 0.2) is 29.9 Å². The second-order valence-corrected chi connectivity index (χ2v) is 1.96. The van der Waals surface area contributed by atoms with Crippen LogP contribution in [0.1, 0.15) is 20.3 Å². The first-order chi connectivity index (χ1) is 5.80. The van der Waals surface area contributed by atoms with Crippen molar-refractivity contribution in [2.75, 3.05) is 0 Å². The SMILES string of the molecule is CC.NC(=O)C1=CC=CCC=[C-]1.[W]. The van der Waals surface area contributed by atoms with Gasteiger partial charge in [0.05, 0.1) is 0 Å². The van der Waals surface area contributed by atoms with E-state index in [4.69, 9.17) is 5.73 Å². The number of carbonyl (C=O) groups is 1. The Hall–Kier alpha value is -0.622. The van der Waals surface area contributed by atoms with Gasteiger partial charge in [0.1, 0.15) is 5.91 Å². The van der Waals surface area contributed by atoms with Crippen molar-refractivity contribution in [1.82, 2.24) is 0 Å². The molecule has 1 amide bonds. The molecule has 0 bridgehead atoms. The Morgan fingerprint density at radius 3 is 2.69 bits per heavy atom. The van der Waals surface area contributed by atoms with E-state index in [0.29, 0.717) is 5.57 Å². The maximum absolute atomic E-state index is 10.5. The van der Waals surface area contributed by atoms with Gasteiger partial charge in [0.25, 0.3) is 0 Å². The third-order valence-corrected chi connectivity index (χ3v) is 1.18.